The van der Waals surface area contributed by atoms with Crippen LogP contribution in [-0.2, 0) is 0 Å². The van der Waals surface area contributed by atoms with E-state index in [0.29, 0.717) is 11.5 Å². The topological polar surface area (TPSA) is 12.0 Å². The predicted molar refractivity (Wildman–Crippen MR) is 51.1 cm³/mol. The first-order valence-corrected chi connectivity index (χ1v) is 4.84. The average molecular weight is 197 g/mol. The van der Waals surface area contributed by atoms with Gasteiger partial charge in [-0.15, -0.1) is 0 Å². The number of nitrogens with one attached hydrogen (secondary N) is 1. The Balaban J connectivity index is 2.31. The van der Waals surface area contributed by atoms with Crippen molar-refractivity contribution in [2.24, 2.45) is 5.92 Å². The molecule has 2 rings (SSSR count). The minimum atomic E-state index is -0.509. The number of hydrogen-bond donors (Lipinski definition) is 1. The summed E-state index contributed by atoms with van der Waals surface area (Å²) in [7, 11) is 0. The smallest absolute Gasteiger partial charge is 0.129 e. The fourth-order valence-corrected chi connectivity index (χ4v) is 2.03. The molecule has 3 heteroatoms. The lowest BCUT2D eigenvalue weighted by Gasteiger charge is -2.15. The van der Waals surface area contributed by atoms with E-state index in [1.807, 2.05) is 0 Å². The maximum Gasteiger partial charge on any atom is 0.129 e. The quantitative estimate of drug-likeness (QED) is 0.728. The second kappa shape index (κ2) is 3.65. The summed E-state index contributed by atoms with van der Waals surface area (Å²) in [6.45, 7) is 3.76. The van der Waals surface area contributed by atoms with Crippen molar-refractivity contribution in [3.63, 3.8) is 0 Å². The molecule has 2 atom stereocenters. The summed E-state index contributed by atoms with van der Waals surface area (Å²) in [4.78, 5) is 0. The van der Waals surface area contributed by atoms with E-state index in [4.69, 9.17) is 0 Å². The highest BCUT2D eigenvalue weighted by Crippen LogP contribution is 2.29. The highest BCUT2D eigenvalue weighted by atomic mass is 19.1. The molecule has 1 nitrogen and oxygen atoms in total. The van der Waals surface area contributed by atoms with Crippen LogP contribution in [0.25, 0.3) is 0 Å². The first-order chi connectivity index (χ1) is 6.68. The van der Waals surface area contributed by atoms with Crippen molar-refractivity contribution >= 4 is 0 Å². The molecule has 1 heterocycles. The van der Waals surface area contributed by atoms with Gasteiger partial charge in [0.1, 0.15) is 11.6 Å². The minimum absolute atomic E-state index is 0.176. The third kappa shape index (κ3) is 1.64. The third-order valence-corrected chi connectivity index (χ3v) is 2.88. The monoisotopic (exact) mass is 197 g/mol. The van der Waals surface area contributed by atoms with Crippen LogP contribution in [0.15, 0.2) is 18.2 Å². The van der Waals surface area contributed by atoms with Crippen LogP contribution in [0.3, 0.4) is 0 Å². The molecule has 0 aromatic heterocycles. The van der Waals surface area contributed by atoms with Gasteiger partial charge < -0.3 is 5.32 Å². The molecule has 1 saturated heterocycles. The summed E-state index contributed by atoms with van der Waals surface area (Å²) in [5.41, 5.74) is 0.629. The molecular formula is C11H13F2N. The van der Waals surface area contributed by atoms with Crippen LogP contribution < -0.4 is 5.32 Å². The van der Waals surface area contributed by atoms with E-state index < -0.39 is 11.6 Å². The number of rotatable bonds is 1. The van der Waals surface area contributed by atoms with Gasteiger partial charge in [-0.25, -0.2) is 8.78 Å². The van der Waals surface area contributed by atoms with Crippen LogP contribution in [0, 0.1) is 17.6 Å². The van der Waals surface area contributed by atoms with Gasteiger partial charge in [0.2, 0.25) is 0 Å². The van der Waals surface area contributed by atoms with Gasteiger partial charge in [-0.2, -0.15) is 0 Å². The van der Waals surface area contributed by atoms with Crippen molar-refractivity contribution in [3.8, 4) is 0 Å². The molecule has 1 aromatic carbocycles. The Labute approximate surface area is 82.1 Å². The fourth-order valence-electron chi connectivity index (χ4n) is 2.03. The molecule has 76 valence electrons. The molecule has 1 fully saturated rings. The SMILES string of the molecule is CC1CNC[C@@H]1c1ccc(F)cc1F. The van der Waals surface area contributed by atoms with E-state index >= 15 is 0 Å². The zero-order valence-electron chi connectivity index (χ0n) is 8.06. The van der Waals surface area contributed by atoms with Crippen LogP contribution >= 0.6 is 0 Å². The summed E-state index contributed by atoms with van der Waals surface area (Å²) in [5.74, 6) is -0.346. The van der Waals surface area contributed by atoms with E-state index in [2.05, 4.69) is 12.2 Å². The summed E-state index contributed by atoms with van der Waals surface area (Å²) in [6, 6.07) is 3.84. The van der Waals surface area contributed by atoms with Gasteiger partial charge in [-0.3, -0.25) is 0 Å². The lowest BCUT2D eigenvalue weighted by atomic mass is 9.90. The van der Waals surface area contributed by atoms with Crippen LogP contribution in [-0.4, -0.2) is 13.1 Å². The first kappa shape index (κ1) is 9.59. The van der Waals surface area contributed by atoms with Crippen molar-refractivity contribution in [1.29, 1.82) is 0 Å². The van der Waals surface area contributed by atoms with E-state index in [0.717, 1.165) is 19.2 Å². The molecule has 0 radical (unpaired) electrons. The largest absolute Gasteiger partial charge is 0.316 e. The second-order valence-electron chi connectivity index (χ2n) is 3.91. The maximum absolute atomic E-state index is 13.4. The highest BCUT2D eigenvalue weighted by Gasteiger charge is 2.26. The standard InChI is InChI=1S/C11H13F2N/c1-7-5-14-6-10(7)9-3-2-8(12)4-11(9)13/h2-4,7,10,14H,5-6H2,1H3/t7?,10-/m0/s1. The molecule has 1 aliphatic heterocycles. The lowest BCUT2D eigenvalue weighted by Crippen LogP contribution is -2.09. The molecule has 0 saturated carbocycles. The zero-order chi connectivity index (χ0) is 10.1. The van der Waals surface area contributed by atoms with Gasteiger partial charge in [-0.05, 0) is 24.1 Å². The Kier molecular flexibility index (Phi) is 2.50. The lowest BCUT2D eigenvalue weighted by molar-refractivity contribution is 0.518. The molecule has 0 spiro atoms. The van der Waals surface area contributed by atoms with Gasteiger partial charge in [0, 0.05) is 18.5 Å². The normalized spacial score (nSPS) is 26.8. The van der Waals surface area contributed by atoms with E-state index in [1.165, 1.54) is 6.07 Å². The van der Waals surface area contributed by atoms with Crippen LogP contribution in [0.4, 0.5) is 8.78 Å². The maximum atomic E-state index is 13.4. The Morgan fingerprint density at radius 3 is 2.64 bits per heavy atom. The zero-order valence-corrected chi connectivity index (χ0v) is 8.06. The van der Waals surface area contributed by atoms with E-state index in [9.17, 15) is 8.78 Å². The average Bonchev–Trinajstić information content (AvgIpc) is 2.52. The predicted octanol–water partition coefficient (Wildman–Crippen LogP) is 2.29. The molecule has 1 aliphatic rings. The van der Waals surface area contributed by atoms with Crippen molar-refractivity contribution in [2.45, 2.75) is 12.8 Å². The highest BCUT2D eigenvalue weighted by molar-refractivity contribution is 5.24. The summed E-state index contributed by atoms with van der Waals surface area (Å²) >= 11 is 0. The van der Waals surface area contributed by atoms with Gasteiger partial charge >= 0.3 is 0 Å². The van der Waals surface area contributed by atoms with Crippen molar-refractivity contribution in [2.75, 3.05) is 13.1 Å². The molecule has 1 unspecified atom stereocenters. The molecule has 14 heavy (non-hydrogen) atoms. The number of hydrogen-bond acceptors (Lipinski definition) is 1. The Hall–Kier alpha value is -0.960. The molecule has 0 amide bonds. The minimum Gasteiger partial charge on any atom is -0.316 e. The Morgan fingerprint density at radius 2 is 2.07 bits per heavy atom. The summed E-state index contributed by atoms with van der Waals surface area (Å²) in [5, 5.41) is 3.20. The van der Waals surface area contributed by atoms with Crippen LogP contribution in [0.5, 0.6) is 0 Å². The second-order valence-corrected chi connectivity index (χ2v) is 3.91. The van der Waals surface area contributed by atoms with Crippen molar-refractivity contribution < 1.29 is 8.78 Å². The van der Waals surface area contributed by atoms with Gasteiger partial charge in [0.15, 0.2) is 0 Å². The fraction of sp³-hybridized carbons (Fsp3) is 0.455. The number of benzene rings is 1. The van der Waals surface area contributed by atoms with Gasteiger partial charge in [0.25, 0.3) is 0 Å². The van der Waals surface area contributed by atoms with Gasteiger partial charge in [-0.1, -0.05) is 13.0 Å². The third-order valence-electron chi connectivity index (χ3n) is 2.88. The van der Waals surface area contributed by atoms with Crippen molar-refractivity contribution in [3.05, 3.63) is 35.4 Å². The molecular weight excluding hydrogens is 184 g/mol. The van der Waals surface area contributed by atoms with E-state index in [1.54, 1.807) is 6.07 Å². The first-order valence-electron chi connectivity index (χ1n) is 4.84. The summed E-state index contributed by atoms with van der Waals surface area (Å²) in [6.07, 6.45) is 0. The Morgan fingerprint density at radius 1 is 1.29 bits per heavy atom. The van der Waals surface area contributed by atoms with Gasteiger partial charge in [0.05, 0.1) is 0 Å². The molecule has 0 aliphatic carbocycles. The van der Waals surface area contributed by atoms with E-state index in [-0.39, 0.29) is 5.92 Å². The summed E-state index contributed by atoms with van der Waals surface area (Å²) < 4.78 is 26.1. The van der Waals surface area contributed by atoms with Crippen molar-refractivity contribution in [1.82, 2.24) is 5.32 Å². The number of halogens is 2. The van der Waals surface area contributed by atoms with Crippen LogP contribution in [0.1, 0.15) is 18.4 Å². The van der Waals surface area contributed by atoms with Crippen LogP contribution in [0.2, 0.25) is 0 Å². The molecule has 1 N–H and O–H groups in total. The molecule has 0 bridgehead atoms. The molecule has 1 aromatic rings. The Bertz CT molecular complexity index is 338.